The van der Waals surface area contributed by atoms with Crippen molar-refractivity contribution in [3.8, 4) is 11.5 Å². The standard InChI is InChI=1S/C14H19NO5/c1-3-19-12-6-4-5-11(9-16)14(12)20-10-13(17)15-7-8-18-2/h4-6,9H,3,7-8,10H2,1-2H3,(H,15,17). The topological polar surface area (TPSA) is 73.9 Å². The molecule has 6 heteroatoms. The van der Waals surface area contributed by atoms with Crippen molar-refractivity contribution in [3.63, 3.8) is 0 Å². The highest BCUT2D eigenvalue weighted by Crippen LogP contribution is 2.30. The lowest BCUT2D eigenvalue weighted by Gasteiger charge is -2.13. The molecule has 0 atom stereocenters. The van der Waals surface area contributed by atoms with Crippen LogP contribution in [0.1, 0.15) is 17.3 Å². The van der Waals surface area contributed by atoms with Gasteiger partial charge in [0.2, 0.25) is 0 Å². The molecule has 0 heterocycles. The van der Waals surface area contributed by atoms with E-state index >= 15 is 0 Å². The Balaban J connectivity index is 2.65. The summed E-state index contributed by atoms with van der Waals surface area (Å²) in [4.78, 5) is 22.5. The Bertz CT molecular complexity index is 447. The third-order valence-corrected chi connectivity index (χ3v) is 2.41. The van der Waals surface area contributed by atoms with Crippen LogP contribution >= 0.6 is 0 Å². The van der Waals surface area contributed by atoms with E-state index in [9.17, 15) is 9.59 Å². The molecular formula is C14H19NO5. The number of carbonyl (C=O) groups excluding carboxylic acids is 2. The van der Waals surface area contributed by atoms with Crippen molar-refractivity contribution in [2.45, 2.75) is 6.92 Å². The summed E-state index contributed by atoms with van der Waals surface area (Å²) in [7, 11) is 1.55. The first-order chi connectivity index (χ1) is 9.72. The number of aldehydes is 1. The van der Waals surface area contributed by atoms with Gasteiger partial charge in [0.15, 0.2) is 24.4 Å². The fraction of sp³-hybridized carbons (Fsp3) is 0.429. The van der Waals surface area contributed by atoms with Crippen LogP contribution < -0.4 is 14.8 Å². The quantitative estimate of drug-likeness (QED) is 0.541. The molecule has 0 unspecified atom stereocenters. The fourth-order valence-corrected chi connectivity index (χ4v) is 1.53. The predicted octanol–water partition coefficient (Wildman–Crippen LogP) is 1.04. The van der Waals surface area contributed by atoms with Crippen molar-refractivity contribution in [2.75, 3.05) is 33.5 Å². The molecular weight excluding hydrogens is 262 g/mol. The molecule has 1 aromatic rings. The zero-order valence-electron chi connectivity index (χ0n) is 11.7. The van der Waals surface area contributed by atoms with Crippen molar-refractivity contribution >= 4 is 12.2 Å². The second-order valence-corrected chi connectivity index (χ2v) is 3.86. The van der Waals surface area contributed by atoms with E-state index in [-0.39, 0.29) is 18.3 Å². The maximum absolute atomic E-state index is 11.5. The first-order valence-corrected chi connectivity index (χ1v) is 6.32. The molecule has 110 valence electrons. The molecule has 1 amide bonds. The molecule has 0 aromatic heterocycles. The third kappa shape index (κ3) is 4.89. The molecule has 0 saturated carbocycles. The Hall–Kier alpha value is -2.08. The molecule has 0 aliphatic carbocycles. The van der Waals surface area contributed by atoms with Gasteiger partial charge in [0.1, 0.15) is 0 Å². The van der Waals surface area contributed by atoms with Gasteiger partial charge in [-0.15, -0.1) is 0 Å². The first-order valence-electron chi connectivity index (χ1n) is 6.32. The zero-order valence-corrected chi connectivity index (χ0v) is 11.7. The van der Waals surface area contributed by atoms with Crippen LogP contribution in [0.15, 0.2) is 18.2 Å². The van der Waals surface area contributed by atoms with Crippen LogP contribution in [-0.2, 0) is 9.53 Å². The van der Waals surface area contributed by atoms with E-state index in [0.29, 0.717) is 37.4 Å². The van der Waals surface area contributed by atoms with Crippen LogP contribution in [0, 0.1) is 0 Å². The van der Waals surface area contributed by atoms with E-state index in [0.717, 1.165) is 0 Å². The maximum atomic E-state index is 11.5. The highest BCUT2D eigenvalue weighted by molar-refractivity contribution is 5.82. The van der Waals surface area contributed by atoms with Crippen LogP contribution in [-0.4, -0.2) is 45.7 Å². The molecule has 20 heavy (non-hydrogen) atoms. The molecule has 1 N–H and O–H groups in total. The van der Waals surface area contributed by atoms with Crippen molar-refractivity contribution < 1.29 is 23.8 Å². The first kappa shape index (κ1) is 16.0. The number of ether oxygens (including phenoxy) is 3. The number of carbonyl (C=O) groups is 2. The second-order valence-electron chi connectivity index (χ2n) is 3.86. The summed E-state index contributed by atoms with van der Waals surface area (Å²) in [5, 5.41) is 2.62. The Kier molecular flexibility index (Phi) is 7.13. The molecule has 1 rings (SSSR count). The SMILES string of the molecule is CCOc1cccc(C=O)c1OCC(=O)NCCOC. The fourth-order valence-electron chi connectivity index (χ4n) is 1.53. The normalized spacial score (nSPS) is 9.90. The van der Waals surface area contributed by atoms with Crippen molar-refractivity contribution in [3.05, 3.63) is 23.8 Å². The summed E-state index contributed by atoms with van der Waals surface area (Å²) >= 11 is 0. The predicted molar refractivity (Wildman–Crippen MR) is 73.4 cm³/mol. The number of amides is 1. The average molecular weight is 281 g/mol. The number of hydrogen-bond acceptors (Lipinski definition) is 5. The molecule has 0 spiro atoms. The van der Waals surface area contributed by atoms with Crippen LogP contribution in [0.5, 0.6) is 11.5 Å². The molecule has 0 radical (unpaired) electrons. The largest absolute Gasteiger partial charge is 0.490 e. The minimum Gasteiger partial charge on any atom is -0.490 e. The van der Waals surface area contributed by atoms with Gasteiger partial charge in [-0.25, -0.2) is 0 Å². The van der Waals surface area contributed by atoms with Crippen LogP contribution in [0.25, 0.3) is 0 Å². The van der Waals surface area contributed by atoms with Crippen LogP contribution in [0.2, 0.25) is 0 Å². The zero-order chi connectivity index (χ0) is 14.8. The van der Waals surface area contributed by atoms with Gasteiger partial charge in [-0.05, 0) is 19.1 Å². The van der Waals surface area contributed by atoms with Crippen LogP contribution in [0.4, 0.5) is 0 Å². The summed E-state index contributed by atoms with van der Waals surface area (Å²) < 4.78 is 15.6. The Morgan fingerprint density at radius 1 is 1.35 bits per heavy atom. The Morgan fingerprint density at radius 2 is 2.15 bits per heavy atom. The monoisotopic (exact) mass is 281 g/mol. The smallest absolute Gasteiger partial charge is 0.258 e. The highest BCUT2D eigenvalue weighted by atomic mass is 16.5. The number of methoxy groups -OCH3 is 1. The van der Waals surface area contributed by atoms with Gasteiger partial charge in [0.05, 0.1) is 18.8 Å². The van der Waals surface area contributed by atoms with Gasteiger partial charge in [-0.1, -0.05) is 6.07 Å². The van der Waals surface area contributed by atoms with Gasteiger partial charge in [0, 0.05) is 13.7 Å². The number of benzene rings is 1. The van der Waals surface area contributed by atoms with Crippen molar-refractivity contribution in [2.24, 2.45) is 0 Å². The minimum atomic E-state index is -0.287. The highest BCUT2D eigenvalue weighted by Gasteiger charge is 2.12. The lowest BCUT2D eigenvalue weighted by Crippen LogP contribution is -2.31. The maximum Gasteiger partial charge on any atom is 0.258 e. The summed E-state index contributed by atoms with van der Waals surface area (Å²) in [6.45, 7) is 2.93. The van der Waals surface area contributed by atoms with E-state index in [1.165, 1.54) is 0 Å². The molecule has 0 fully saturated rings. The second kappa shape index (κ2) is 8.92. The van der Waals surface area contributed by atoms with E-state index in [1.807, 2.05) is 6.92 Å². The van der Waals surface area contributed by atoms with E-state index in [1.54, 1.807) is 25.3 Å². The van der Waals surface area contributed by atoms with E-state index in [2.05, 4.69) is 5.32 Å². The molecule has 0 aliphatic heterocycles. The summed E-state index contributed by atoms with van der Waals surface area (Å²) in [6.07, 6.45) is 0.667. The van der Waals surface area contributed by atoms with Gasteiger partial charge in [-0.3, -0.25) is 9.59 Å². The summed E-state index contributed by atoms with van der Waals surface area (Å²) in [5.74, 6) is 0.443. The van der Waals surface area contributed by atoms with Crippen molar-refractivity contribution in [1.29, 1.82) is 0 Å². The lowest BCUT2D eigenvalue weighted by molar-refractivity contribution is -0.123. The van der Waals surface area contributed by atoms with Gasteiger partial charge in [-0.2, -0.15) is 0 Å². The molecule has 0 aliphatic rings. The minimum absolute atomic E-state index is 0.186. The number of para-hydroxylation sites is 1. The summed E-state index contributed by atoms with van der Waals surface area (Å²) in [5.41, 5.74) is 0.348. The third-order valence-electron chi connectivity index (χ3n) is 2.41. The molecule has 6 nitrogen and oxygen atoms in total. The molecule has 0 bridgehead atoms. The van der Waals surface area contributed by atoms with E-state index < -0.39 is 0 Å². The molecule has 1 aromatic carbocycles. The van der Waals surface area contributed by atoms with Gasteiger partial charge < -0.3 is 19.5 Å². The average Bonchev–Trinajstić information content (AvgIpc) is 2.46. The van der Waals surface area contributed by atoms with E-state index in [4.69, 9.17) is 14.2 Å². The number of nitrogens with one attached hydrogen (secondary N) is 1. The number of hydrogen-bond donors (Lipinski definition) is 1. The molecule has 0 saturated heterocycles. The Morgan fingerprint density at radius 3 is 2.80 bits per heavy atom. The Labute approximate surface area is 118 Å². The summed E-state index contributed by atoms with van der Waals surface area (Å²) in [6, 6.07) is 4.99. The van der Waals surface area contributed by atoms with Crippen molar-refractivity contribution in [1.82, 2.24) is 5.32 Å². The number of rotatable bonds is 9. The lowest BCUT2D eigenvalue weighted by atomic mass is 10.2. The van der Waals surface area contributed by atoms with Gasteiger partial charge >= 0.3 is 0 Å². The van der Waals surface area contributed by atoms with Crippen LogP contribution in [0.3, 0.4) is 0 Å². The van der Waals surface area contributed by atoms with Gasteiger partial charge in [0.25, 0.3) is 5.91 Å².